The van der Waals surface area contributed by atoms with Crippen molar-refractivity contribution in [2.45, 2.75) is 0 Å². The zero-order valence-corrected chi connectivity index (χ0v) is 5.87. The lowest BCUT2D eigenvalue weighted by Gasteiger charge is -2.13. The van der Waals surface area contributed by atoms with E-state index in [1.807, 2.05) is 19.0 Å². The van der Waals surface area contributed by atoms with E-state index >= 15 is 0 Å². The maximum atomic E-state index is 9.90. The molecule has 0 aliphatic rings. The molecule has 0 heterocycles. The van der Waals surface area contributed by atoms with Gasteiger partial charge in [-0.2, -0.15) is 0 Å². The minimum atomic E-state index is 0.580. The van der Waals surface area contributed by atoms with Gasteiger partial charge < -0.3 is 4.90 Å². The molecular weight excluding hydrogens is 118 g/mol. The fourth-order valence-electron chi connectivity index (χ4n) is 0.368. The summed E-state index contributed by atoms with van der Waals surface area (Å²) in [6.07, 6.45) is 0.615. The maximum Gasteiger partial charge on any atom is 0.223 e. The van der Waals surface area contributed by atoms with Crippen LogP contribution in [0.5, 0.6) is 0 Å². The Morgan fingerprint density at radius 3 is 2.33 bits per heavy atom. The molecule has 9 heavy (non-hydrogen) atoms. The van der Waals surface area contributed by atoms with Crippen LogP contribution >= 0.6 is 0 Å². The van der Waals surface area contributed by atoms with Crippen LogP contribution in [0, 0.1) is 0 Å². The summed E-state index contributed by atoms with van der Waals surface area (Å²) in [6, 6.07) is 0. The quantitative estimate of drug-likeness (QED) is 0.227. The van der Waals surface area contributed by atoms with Crippen LogP contribution in [-0.2, 0) is 4.79 Å². The minimum Gasteiger partial charge on any atom is -0.308 e. The fourth-order valence-corrected chi connectivity index (χ4v) is 0.368. The van der Waals surface area contributed by atoms with E-state index in [0.29, 0.717) is 13.0 Å². The van der Waals surface area contributed by atoms with E-state index in [4.69, 9.17) is 5.84 Å². The number of hydrogen-bond donors (Lipinski definition) is 1. The molecule has 0 aromatic heterocycles. The predicted octanol–water partition coefficient (Wildman–Crippen LogP) is -1.12. The second-order valence-electron chi connectivity index (χ2n) is 2.15. The molecule has 0 atom stereocenters. The molecule has 0 fully saturated rings. The second kappa shape index (κ2) is 4.29. The number of amides is 1. The van der Waals surface area contributed by atoms with Crippen molar-refractivity contribution in [3.63, 3.8) is 0 Å². The highest BCUT2D eigenvalue weighted by molar-refractivity contribution is 5.45. The van der Waals surface area contributed by atoms with Crippen LogP contribution in [0.25, 0.3) is 0 Å². The molecule has 4 nitrogen and oxygen atoms in total. The lowest BCUT2D eigenvalue weighted by atomic mass is 10.6. The van der Waals surface area contributed by atoms with Crippen LogP contribution in [0.4, 0.5) is 0 Å². The summed E-state index contributed by atoms with van der Waals surface area (Å²) in [7, 11) is 3.86. The maximum absolute atomic E-state index is 9.90. The summed E-state index contributed by atoms with van der Waals surface area (Å²) in [5.41, 5.74) is 0. The first kappa shape index (κ1) is 8.39. The van der Waals surface area contributed by atoms with Crippen LogP contribution in [-0.4, -0.2) is 43.5 Å². The van der Waals surface area contributed by atoms with Gasteiger partial charge in [-0.1, -0.05) is 0 Å². The molecule has 0 bridgehead atoms. The molecule has 0 spiro atoms. The average Bonchev–Trinajstić information content (AvgIpc) is 1.83. The number of likely N-dealkylation sites (N-methyl/N-ethyl adjacent to an activating group) is 1. The highest BCUT2D eigenvalue weighted by Crippen LogP contribution is 1.74. The molecule has 0 rings (SSSR count). The Hall–Kier alpha value is -0.610. The monoisotopic (exact) mass is 131 g/mol. The van der Waals surface area contributed by atoms with E-state index < -0.39 is 0 Å². The van der Waals surface area contributed by atoms with E-state index in [-0.39, 0.29) is 0 Å². The second-order valence-corrected chi connectivity index (χ2v) is 2.15. The van der Waals surface area contributed by atoms with Crippen molar-refractivity contribution >= 4 is 6.41 Å². The molecule has 0 aromatic carbocycles. The first-order chi connectivity index (χ1) is 4.16. The summed E-state index contributed by atoms with van der Waals surface area (Å²) < 4.78 is 0. The Bertz CT molecular complexity index is 84.3. The molecule has 0 unspecified atom stereocenters. The van der Waals surface area contributed by atoms with Crippen LogP contribution in [0.1, 0.15) is 0 Å². The Balaban J connectivity index is 3.16. The smallest absolute Gasteiger partial charge is 0.223 e. The number of hydrazine groups is 1. The molecule has 0 aliphatic carbocycles. The third-order valence-corrected chi connectivity index (χ3v) is 0.941. The standard InChI is InChI=1S/C5H13N3O/c1-7(2)3-4-8(6)5-9/h5H,3-4,6H2,1-2H3. The zero-order chi connectivity index (χ0) is 7.28. The predicted molar refractivity (Wildman–Crippen MR) is 35.5 cm³/mol. The Morgan fingerprint density at radius 1 is 1.44 bits per heavy atom. The minimum absolute atomic E-state index is 0.580. The van der Waals surface area contributed by atoms with Gasteiger partial charge in [-0.15, -0.1) is 0 Å². The summed E-state index contributed by atoms with van der Waals surface area (Å²) >= 11 is 0. The SMILES string of the molecule is CN(C)CCN(N)C=O. The van der Waals surface area contributed by atoms with Crippen molar-refractivity contribution in [1.29, 1.82) is 0 Å². The van der Waals surface area contributed by atoms with Gasteiger partial charge in [0.15, 0.2) is 0 Å². The third kappa shape index (κ3) is 5.26. The number of carbonyl (C=O) groups excluding carboxylic acids is 1. The first-order valence-electron chi connectivity index (χ1n) is 2.78. The fraction of sp³-hybridized carbons (Fsp3) is 0.800. The van der Waals surface area contributed by atoms with Gasteiger partial charge in [0.25, 0.3) is 0 Å². The van der Waals surface area contributed by atoms with Gasteiger partial charge in [-0.25, -0.2) is 5.84 Å². The van der Waals surface area contributed by atoms with Crippen LogP contribution < -0.4 is 5.84 Å². The lowest BCUT2D eigenvalue weighted by molar-refractivity contribution is -0.118. The number of nitrogens with zero attached hydrogens (tertiary/aromatic N) is 2. The summed E-state index contributed by atoms with van der Waals surface area (Å²) in [4.78, 5) is 11.9. The van der Waals surface area contributed by atoms with Gasteiger partial charge in [0.1, 0.15) is 0 Å². The van der Waals surface area contributed by atoms with Crippen molar-refractivity contribution in [3.05, 3.63) is 0 Å². The van der Waals surface area contributed by atoms with Crippen molar-refractivity contribution in [2.75, 3.05) is 27.2 Å². The molecule has 1 amide bonds. The van der Waals surface area contributed by atoms with Gasteiger partial charge in [0.05, 0.1) is 0 Å². The average molecular weight is 131 g/mol. The Morgan fingerprint density at radius 2 is 2.00 bits per heavy atom. The van der Waals surface area contributed by atoms with Gasteiger partial charge in [0, 0.05) is 13.1 Å². The first-order valence-corrected chi connectivity index (χ1v) is 2.78. The zero-order valence-electron chi connectivity index (χ0n) is 5.87. The van der Waals surface area contributed by atoms with Gasteiger partial charge in [-0.3, -0.25) is 9.80 Å². The summed E-state index contributed by atoms with van der Waals surface area (Å²) in [5, 5.41) is 1.12. The summed E-state index contributed by atoms with van der Waals surface area (Å²) in [6.45, 7) is 1.38. The number of hydrogen-bond acceptors (Lipinski definition) is 3. The Labute approximate surface area is 55.2 Å². The van der Waals surface area contributed by atoms with Crippen molar-refractivity contribution in [3.8, 4) is 0 Å². The number of carbonyl (C=O) groups is 1. The van der Waals surface area contributed by atoms with E-state index in [2.05, 4.69) is 0 Å². The van der Waals surface area contributed by atoms with Crippen molar-refractivity contribution < 1.29 is 4.79 Å². The normalized spacial score (nSPS) is 9.78. The molecule has 0 aliphatic heterocycles. The van der Waals surface area contributed by atoms with Crippen LogP contribution in [0.2, 0.25) is 0 Å². The topological polar surface area (TPSA) is 49.6 Å². The van der Waals surface area contributed by atoms with E-state index in [1.165, 1.54) is 0 Å². The highest BCUT2D eigenvalue weighted by Gasteiger charge is 1.93. The molecule has 0 aromatic rings. The van der Waals surface area contributed by atoms with Crippen molar-refractivity contribution in [2.24, 2.45) is 5.84 Å². The van der Waals surface area contributed by atoms with Crippen molar-refractivity contribution in [1.82, 2.24) is 9.91 Å². The highest BCUT2D eigenvalue weighted by atomic mass is 16.1. The molecule has 0 saturated heterocycles. The van der Waals surface area contributed by atoms with Gasteiger partial charge in [0.2, 0.25) is 6.41 Å². The largest absolute Gasteiger partial charge is 0.308 e. The van der Waals surface area contributed by atoms with E-state index in [9.17, 15) is 4.79 Å². The molecule has 0 radical (unpaired) electrons. The lowest BCUT2D eigenvalue weighted by Crippen LogP contribution is -2.35. The van der Waals surface area contributed by atoms with E-state index in [1.54, 1.807) is 0 Å². The van der Waals surface area contributed by atoms with Gasteiger partial charge >= 0.3 is 0 Å². The molecule has 0 saturated carbocycles. The molecular formula is C5H13N3O. The van der Waals surface area contributed by atoms with Crippen LogP contribution in [0.15, 0.2) is 0 Å². The molecule has 54 valence electrons. The summed E-state index contributed by atoms with van der Waals surface area (Å²) in [5.74, 6) is 5.16. The number of nitrogens with two attached hydrogens (primary N) is 1. The third-order valence-electron chi connectivity index (χ3n) is 0.941. The molecule has 2 N–H and O–H groups in total. The molecule has 4 heteroatoms. The van der Waals surface area contributed by atoms with Crippen LogP contribution in [0.3, 0.4) is 0 Å². The number of rotatable bonds is 4. The van der Waals surface area contributed by atoms with E-state index in [0.717, 1.165) is 11.6 Å². The van der Waals surface area contributed by atoms with Gasteiger partial charge in [-0.05, 0) is 14.1 Å². The Kier molecular flexibility index (Phi) is 4.00.